The third-order valence-electron chi connectivity index (χ3n) is 1.75. The summed E-state index contributed by atoms with van der Waals surface area (Å²) in [6.07, 6.45) is 2.13. The Morgan fingerprint density at radius 2 is 2.14 bits per heavy atom. The average Bonchev–Trinajstić information content (AvgIpc) is 2.60. The molecule has 1 rings (SSSR count). The van der Waals surface area contributed by atoms with Crippen LogP contribution in [0.3, 0.4) is 0 Å². The van der Waals surface area contributed by atoms with Crippen molar-refractivity contribution in [2.45, 2.75) is 6.42 Å². The van der Waals surface area contributed by atoms with Gasteiger partial charge in [0.1, 0.15) is 0 Å². The SMILES string of the molecule is C=CC(=O)NCCCP1(=O)OCCO1. The Kier molecular flexibility index (Phi) is 4.32. The van der Waals surface area contributed by atoms with Gasteiger partial charge in [-0.1, -0.05) is 6.58 Å². The zero-order valence-electron chi connectivity index (χ0n) is 7.90. The average molecular weight is 219 g/mol. The summed E-state index contributed by atoms with van der Waals surface area (Å²) in [7, 11) is -2.82. The number of hydrogen-bond donors (Lipinski definition) is 1. The Hall–Kier alpha value is -0.640. The van der Waals surface area contributed by atoms with Gasteiger partial charge < -0.3 is 14.4 Å². The summed E-state index contributed by atoms with van der Waals surface area (Å²) < 4.78 is 21.5. The summed E-state index contributed by atoms with van der Waals surface area (Å²) in [5.41, 5.74) is 0. The van der Waals surface area contributed by atoms with E-state index in [1.807, 2.05) is 0 Å². The van der Waals surface area contributed by atoms with Gasteiger partial charge in [0.15, 0.2) is 0 Å². The molecule has 0 aromatic heterocycles. The van der Waals surface area contributed by atoms with Crippen LogP contribution >= 0.6 is 7.60 Å². The first-order chi connectivity index (χ1) is 6.66. The molecule has 0 aliphatic carbocycles. The van der Waals surface area contributed by atoms with Gasteiger partial charge >= 0.3 is 7.60 Å². The second-order valence-electron chi connectivity index (χ2n) is 2.85. The lowest BCUT2D eigenvalue weighted by Gasteiger charge is -2.08. The summed E-state index contributed by atoms with van der Waals surface area (Å²) in [6, 6.07) is 0. The van der Waals surface area contributed by atoms with Gasteiger partial charge in [-0.2, -0.15) is 0 Å². The predicted octanol–water partition coefficient (Wildman–Crippen LogP) is 0.919. The Morgan fingerprint density at radius 1 is 1.50 bits per heavy atom. The van der Waals surface area contributed by atoms with E-state index in [-0.39, 0.29) is 5.91 Å². The molecule has 1 fully saturated rings. The van der Waals surface area contributed by atoms with Crippen LogP contribution in [0.2, 0.25) is 0 Å². The maximum Gasteiger partial charge on any atom is 0.330 e. The molecule has 0 aromatic rings. The molecule has 0 unspecified atom stereocenters. The van der Waals surface area contributed by atoms with E-state index in [1.54, 1.807) is 0 Å². The van der Waals surface area contributed by atoms with Gasteiger partial charge in [-0.25, -0.2) is 0 Å². The van der Waals surface area contributed by atoms with Gasteiger partial charge in [0.2, 0.25) is 5.91 Å². The van der Waals surface area contributed by atoms with Crippen molar-refractivity contribution in [2.75, 3.05) is 25.9 Å². The van der Waals surface area contributed by atoms with E-state index in [9.17, 15) is 9.36 Å². The molecule has 1 N–H and O–H groups in total. The third kappa shape index (κ3) is 3.62. The molecule has 5 nitrogen and oxygen atoms in total. The molecule has 1 aliphatic heterocycles. The van der Waals surface area contributed by atoms with Gasteiger partial charge in [-0.05, 0) is 12.5 Å². The molecule has 0 spiro atoms. The van der Waals surface area contributed by atoms with Crippen LogP contribution in [0, 0.1) is 0 Å². The standard InChI is InChI=1S/C8H14NO4P/c1-2-8(10)9-4-3-7-14(11)12-5-6-13-14/h2H,1,3-7H2,(H,9,10). The summed E-state index contributed by atoms with van der Waals surface area (Å²) >= 11 is 0. The lowest BCUT2D eigenvalue weighted by atomic mass is 10.4. The molecule has 0 atom stereocenters. The number of carbonyl (C=O) groups excluding carboxylic acids is 1. The summed E-state index contributed by atoms with van der Waals surface area (Å²) in [5.74, 6) is -0.225. The molecule has 0 aromatic carbocycles. The molecule has 6 heteroatoms. The first kappa shape index (κ1) is 11.4. The number of hydrogen-bond acceptors (Lipinski definition) is 4. The van der Waals surface area contributed by atoms with Gasteiger partial charge in [-0.3, -0.25) is 9.36 Å². The minimum absolute atomic E-state index is 0.225. The molecule has 80 valence electrons. The van der Waals surface area contributed by atoms with Crippen LogP contribution in [-0.2, 0) is 18.4 Å². The fourth-order valence-corrected chi connectivity index (χ4v) is 2.66. The molecular weight excluding hydrogens is 205 g/mol. The van der Waals surface area contributed by atoms with Crippen LogP contribution in [0.15, 0.2) is 12.7 Å². The van der Waals surface area contributed by atoms with Gasteiger partial charge in [0.25, 0.3) is 0 Å². The van der Waals surface area contributed by atoms with Crippen molar-refractivity contribution in [1.82, 2.24) is 5.32 Å². The van der Waals surface area contributed by atoms with E-state index >= 15 is 0 Å². The van der Waals surface area contributed by atoms with Gasteiger partial charge in [-0.15, -0.1) is 0 Å². The molecular formula is C8H14NO4P. The van der Waals surface area contributed by atoms with Crippen molar-refractivity contribution >= 4 is 13.5 Å². The lowest BCUT2D eigenvalue weighted by molar-refractivity contribution is -0.116. The fourth-order valence-electron chi connectivity index (χ4n) is 1.08. The van der Waals surface area contributed by atoms with Crippen LogP contribution in [0.1, 0.15) is 6.42 Å². The minimum atomic E-state index is -2.82. The van der Waals surface area contributed by atoms with Crippen molar-refractivity contribution in [2.24, 2.45) is 0 Å². The van der Waals surface area contributed by atoms with E-state index in [0.29, 0.717) is 32.3 Å². The normalized spacial score (nSPS) is 19.1. The zero-order chi connectivity index (χ0) is 10.4. The lowest BCUT2D eigenvalue weighted by Crippen LogP contribution is -2.22. The smallest absolute Gasteiger partial charge is 0.330 e. The highest BCUT2D eigenvalue weighted by atomic mass is 31.2. The van der Waals surface area contributed by atoms with Crippen molar-refractivity contribution in [3.8, 4) is 0 Å². The highest BCUT2D eigenvalue weighted by Crippen LogP contribution is 2.51. The zero-order valence-corrected chi connectivity index (χ0v) is 8.79. The van der Waals surface area contributed by atoms with Gasteiger partial charge in [0.05, 0.1) is 19.4 Å². The highest BCUT2D eigenvalue weighted by Gasteiger charge is 2.28. The monoisotopic (exact) mass is 219 g/mol. The topological polar surface area (TPSA) is 64.6 Å². The first-order valence-corrected chi connectivity index (χ1v) is 6.17. The van der Waals surface area contributed by atoms with Crippen LogP contribution in [0.25, 0.3) is 0 Å². The van der Waals surface area contributed by atoms with E-state index < -0.39 is 7.60 Å². The van der Waals surface area contributed by atoms with Crippen molar-refractivity contribution < 1.29 is 18.4 Å². The van der Waals surface area contributed by atoms with Crippen molar-refractivity contribution in [3.63, 3.8) is 0 Å². The number of rotatable bonds is 5. The summed E-state index contributed by atoms with van der Waals surface area (Å²) in [6.45, 7) is 4.57. The van der Waals surface area contributed by atoms with Crippen LogP contribution < -0.4 is 5.32 Å². The largest absolute Gasteiger partial charge is 0.353 e. The maximum atomic E-state index is 11.6. The molecule has 1 saturated heterocycles. The van der Waals surface area contributed by atoms with Crippen molar-refractivity contribution in [1.29, 1.82) is 0 Å². The summed E-state index contributed by atoms with van der Waals surface area (Å²) in [5, 5.41) is 2.58. The molecule has 0 saturated carbocycles. The Labute approximate surface area is 83.0 Å². The molecule has 1 aliphatic rings. The molecule has 0 bridgehead atoms. The van der Waals surface area contributed by atoms with E-state index in [2.05, 4.69) is 11.9 Å². The Morgan fingerprint density at radius 3 is 2.71 bits per heavy atom. The second kappa shape index (κ2) is 5.29. The number of nitrogens with one attached hydrogen (secondary N) is 1. The molecule has 0 radical (unpaired) electrons. The minimum Gasteiger partial charge on any atom is -0.353 e. The van der Waals surface area contributed by atoms with Crippen LogP contribution in [-0.4, -0.2) is 31.8 Å². The van der Waals surface area contributed by atoms with E-state index in [4.69, 9.17) is 9.05 Å². The second-order valence-corrected chi connectivity index (χ2v) is 5.04. The number of carbonyl (C=O) groups is 1. The molecule has 1 amide bonds. The van der Waals surface area contributed by atoms with Crippen LogP contribution in [0.5, 0.6) is 0 Å². The first-order valence-electron chi connectivity index (χ1n) is 4.45. The molecule has 14 heavy (non-hydrogen) atoms. The Bertz CT molecular complexity index is 256. The van der Waals surface area contributed by atoms with Crippen molar-refractivity contribution in [3.05, 3.63) is 12.7 Å². The molecule has 1 heterocycles. The number of amides is 1. The predicted molar refractivity (Wildman–Crippen MR) is 52.2 cm³/mol. The Balaban J connectivity index is 2.12. The third-order valence-corrected chi connectivity index (χ3v) is 3.77. The fraction of sp³-hybridized carbons (Fsp3) is 0.625. The maximum absolute atomic E-state index is 11.6. The van der Waals surface area contributed by atoms with E-state index in [1.165, 1.54) is 6.08 Å². The highest BCUT2D eigenvalue weighted by molar-refractivity contribution is 7.54. The summed E-state index contributed by atoms with van der Waals surface area (Å²) in [4.78, 5) is 10.7. The quantitative estimate of drug-likeness (QED) is 0.424. The van der Waals surface area contributed by atoms with E-state index in [0.717, 1.165) is 0 Å². The van der Waals surface area contributed by atoms with Gasteiger partial charge in [0, 0.05) is 6.54 Å². The van der Waals surface area contributed by atoms with Crippen LogP contribution in [0.4, 0.5) is 0 Å².